The highest BCUT2D eigenvalue weighted by Gasteiger charge is 2.31. The van der Waals surface area contributed by atoms with Crippen LogP contribution in [0.2, 0.25) is 0 Å². The number of amides is 1. The number of carbonyl (C=O) groups is 1. The Balaban J connectivity index is 1.35. The number of carbonyl (C=O) groups excluding carboxylic acids is 1. The van der Waals surface area contributed by atoms with Crippen molar-refractivity contribution in [1.82, 2.24) is 15.0 Å². The summed E-state index contributed by atoms with van der Waals surface area (Å²) in [5.74, 6) is 0.0831. The van der Waals surface area contributed by atoms with Crippen LogP contribution in [0.5, 0.6) is 11.5 Å². The minimum absolute atomic E-state index is 0.0547. The largest absolute Gasteiger partial charge is 0.494 e. The molecule has 1 aliphatic rings. The molecule has 1 saturated heterocycles. The molecule has 7 nitrogen and oxygen atoms in total. The van der Waals surface area contributed by atoms with Crippen molar-refractivity contribution in [2.75, 3.05) is 20.2 Å². The third-order valence-electron chi connectivity index (χ3n) is 4.90. The summed E-state index contributed by atoms with van der Waals surface area (Å²) < 4.78 is 42.4. The number of nitrogens with zero attached hydrogens (tertiary/aromatic N) is 3. The first kappa shape index (κ1) is 19.8. The second-order valence-electron chi connectivity index (χ2n) is 6.88. The lowest BCUT2D eigenvalue weighted by molar-refractivity contribution is 0.0790. The van der Waals surface area contributed by atoms with Crippen LogP contribution in [0, 0.1) is 11.6 Å². The predicted molar refractivity (Wildman–Crippen MR) is 101 cm³/mol. The zero-order valence-electron chi connectivity index (χ0n) is 16.2. The highest BCUT2D eigenvalue weighted by molar-refractivity contribution is 5.94. The molecule has 1 atom stereocenters. The quantitative estimate of drug-likeness (QED) is 0.613. The molecule has 0 saturated carbocycles. The minimum atomic E-state index is -0.580. The first-order valence-corrected chi connectivity index (χ1v) is 9.37. The van der Waals surface area contributed by atoms with E-state index in [0.29, 0.717) is 31.1 Å². The molecular weight excluding hydrogens is 396 g/mol. The summed E-state index contributed by atoms with van der Waals surface area (Å²) in [6, 6.07) is 9.76. The van der Waals surface area contributed by atoms with Crippen molar-refractivity contribution < 1.29 is 27.6 Å². The molecule has 1 amide bonds. The molecule has 1 unspecified atom stereocenters. The van der Waals surface area contributed by atoms with Gasteiger partial charge in [0.25, 0.3) is 11.8 Å². The number of hydrogen-bond donors (Lipinski definition) is 0. The average molecular weight is 415 g/mol. The summed E-state index contributed by atoms with van der Waals surface area (Å²) in [6.45, 7) is 0.969. The molecule has 1 fully saturated rings. The van der Waals surface area contributed by atoms with Gasteiger partial charge in [-0.1, -0.05) is 5.16 Å². The van der Waals surface area contributed by atoms with Crippen molar-refractivity contribution in [1.29, 1.82) is 0 Å². The van der Waals surface area contributed by atoms with E-state index in [0.717, 1.165) is 0 Å². The Morgan fingerprint density at radius 3 is 2.77 bits per heavy atom. The van der Waals surface area contributed by atoms with Gasteiger partial charge in [-0.25, -0.2) is 8.78 Å². The van der Waals surface area contributed by atoms with E-state index < -0.39 is 5.82 Å². The first-order chi connectivity index (χ1) is 14.5. The Labute approximate surface area is 171 Å². The highest BCUT2D eigenvalue weighted by atomic mass is 19.1. The molecule has 30 heavy (non-hydrogen) atoms. The highest BCUT2D eigenvalue weighted by Crippen LogP contribution is 2.27. The molecule has 4 rings (SSSR count). The van der Waals surface area contributed by atoms with E-state index in [2.05, 4.69) is 10.1 Å². The maximum Gasteiger partial charge on any atom is 0.264 e. The Bertz CT molecular complexity index is 1040. The van der Waals surface area contributed by atoms with E-state index in [4.69, 9.17) is 14.0 Å². The number of likely N-dealkylation sites (tertiary alicyclic amines) is 1. The van der Waals surface area contributed by atoms with Crippen molar-refractivity contribution in [3.63, 3.8) is 0 Å². The molecule has 1 aliphatic heterocycles. The lowest BCUT2D eigenvalue weighted by Gasteiger charge is -2.16. The fourth-order valence-corrected chi connectivity index (χ4v) is 3.31. The molecule has 9 heteroatoms. The van der Waals surface area contributed by atoms with Crippen LogP contribution in [-0.4, -0.2) is 41.1 Å². The molecule has 0 N–H and O–H groups in total. The molecule has 3 aromatic rings. The van der Waals surface area contributed by atoms with Gasteiger partial charge in [0.1, 0.15) is 11.6 Å². The summed E-state index contributed by atoms with van der Waals surface area (Å²) >= 11 is 0. The van der Waals surface area contributed by atoms with Gasteiger partial charge in [0.15, 0.2) is 24.0 Å². The summed E-state index contributed by atoms with van der Waals surface area (Å²) in [5.41, 5.74) is 0.260. The van der Waals surface area contributed by atoms with Crippen LogP contribution in [0.15, 0.2) is 47.0 Å². The van der Waals surface area contributed by atoms with Crippen molar-refractivity contribution in [2.45, 2.75) is 18.9 Å². The second kappa shape index (κ2) is 8.48. The van der Waals surface area contributed by atoms with Gasteiger partial charge in [-0.05, 0) is 48.9 Å². The van der Waals surface area contributed by atoms with Crippen LogP contribution in [0.25, 0.3) is 0 Å². The van der Waals surface area contributed by atoms with Crippen molar-refractivity contribution in [2.24, 2.45) is 0 Å². The number of ether oxygens (including phenoxy) is 2. The molecule has 0 aliphatic carbocycles. The summed E-state index contributed by atoms with van der Waals surface area (Å²) in [4.78, 5) is 18.6. The normalized spacial score (nSPS) is 16.0. The number of aromatic nitrogens is 2. The summed E-state index contributed by atoms with van der Waals surface area (Å²) in [7, 11) is 1.37. The van der Waals surface area contributed by atoms with Crippen LogP contribution >= 0.6 is 0 Å². The topological polar surface area (TPSA) is 77.7 Å². The van der Waals surface area contributed by atoms with E-state index in [-0.39, 0.29) is 41.5 Å². The van der Waals surface area contributed by atoms with Crippen molar-refractivity contribution >= 4 is 5.91 Å². The van der Waals surface area contributed by atoms with Crippen LogP contribution < -0.4 is 9.47 Å². The van der Waals surface area contributed by atoms with Gasteiger partial charge in [0, 0.05) is 24.6 Å². The zero-order chi connectivity index (χ0) is 21.1. The van der Waals surface area contributed by atoms with E-state index in [1.807, 2.05) is 0 Å². The fourth-order valence-electron chi connectivity index (χ4n) is 3.31. The van der Waals surface area contributed by atoms with Gasteiger partial charge >= 0.3 is 0 Å². The van der Waals surface area contributed by atoms with Crippen LogP contribution in [0.1, 0.15) is 34.4 Å². The van der Waals surface area contributed by atoms with Crippen molar-refractivity contribution in [3.05, 3.63) is 71.4 Å². The van der Waals surface area contributed by atoms with Gasteiger partial charge in [-0.3, -0.25) is 4.79 Å². The second-order valence-corrected chi connectivity index (χ2v) is 6.88. The molecule has 0 radical (unpaired) electrons. The molecule has 0 bridgehead atoms. The van der Waals surface area contributed by atoms with Gasteiger partial charge in [0.05, 0.1) is 7.11 Å². The van der Waals surface area contributed by atoms with Gasteiger partial charge in [-0.2, -0.15) is 4.98 Å². The lowest BCUT2D eigenvalue weighted by atomic mass is 10.1. The third-order valence-corrected chi connectivity index (χ3v) is 4.90. The fraction of sp³-hybridized carbons (Fsp3) is 0.286. The Kier molecular flexibility index (Phi) is 5.60. The number of hydrogen-bond acceptors (Lipinski definition) is 6. The maximum atomic E-state index is 13.9. The third kappa shape index (κ3) is 4.24. The van der Waals surface area contributed by atoms with Crippen molar-refractivity contribution in [3.8, 4) is 11.5 Å². The monoisotopic (exact) mass is 415 g/mol. The van der Waals surface area contributed by atoms with Gasteiger partial charge in [-0.15, -0.1) is 0 Å². The van der Waals surface area contributed by atoms with E-state index in [1.54, 1.807) is 4.90 Å². The molecule has 0 spiro atoms. The maximum absolute atomic E-state index is 13.9. The average Bonchev–Trinajstić information content (AvgIpc) is 3.42. The summed E-state index contributed by atoms with van der Waals surface area (Å²) in [6.07, 6.45) is 0.669. The minimum Gasteiger partial charge on any atom is -0.494 e. The molecule has 2 aromatic carbocycles. The number of benzene rings is 2. The van der Waals surface area contributed by atoms with E-state index in [9.17, 15) is 13.6 Å². The van der Waals surface area contributed by atoms with Crippen LogP contribution in [0.3, 0.4) is 0 Å². The Morgan fingerprint density at radius 2 is 2.03 bits per heavy atom. The molecule has 2 heterocycles. The standard InChI is InChI=1S/C21H19F2N3O4/c1-28-18-7-2-13(10-17(18)23)21(27)26-9-8-14(11-26)20-24-19(30-25-20)12-29-16-5-3-15(22)4-6-16/h2-7,10,14H,8-9,11-12H2,1H3. The van der Waals surface area contributed by atoms with Crippen LogP contribution in [0.4, 0.5) is 8.78 Å². The SMILES string of the molecule is COc1ccc(C(=O)N2CCC(c3noc(COc4ccc(F)cc4)n3)C2)cc1F. The molecular formula is C21H19F2N3O4. The van der Waals surface area contributed by atoms with E-state index >= 15 is 0 Å². The molecule has 156 valence electrons. The Morgan fingerprint density at radius 1 is 1.23 bits per heavy atom. The molecule has 1 aromatic heterocycles. The Hall–Kier alpha value is -3.49. The predicted octanol–water partition coefficient (Wildman–Crippen LogP) is 3.57. The number of methoxy groups -OCH3 is 1. The van der Waals surface area contributed by atoms with Gasteiger partial charge in [0.2, 0.25) is 0 Å². The number of halogens is 2. The zero-order valence-corrected chi connectivity index (χ0v) is 16.2. The van der Waals surface area contributed by atoms with Crippen LogP contribution in [-0.2, 0) is 6.61 Å². The summed E-state index contributed by atoms with van der Waals surface area (Å²) in [5, 5.41) is 3.99. The number of rotatable bonds is 6. The smallest absolute Gasteiger partial charge is 0.264 e. The lowest BCUT2D eigenvalue weighted by Crippen LogP contribution is -2.28. The van der Waals surface area contributed by atoms with Gasteiger partial charge < -0.3 is 18.9 Å². The van der Waals surface area contributed by atoms with E-state index in [1.165, 1.54) is 49.6 Å². The first-order valence-electron chi connectivity index (χ1n) is 9.37.